The largest absolute Gasteiger partial charge is 0.457 e. The molecule has 15 nitrogen and oxygen atoms in total. The van der Waals surface area contributed by atoms with Gasteiger partial charge in [0, 0.05) is 75.3 Å². The molecule has 7 aliphatic rings. The number of hydrazone groups is 1. The highest BCUT2D eigenvalue weighted by Gasteiger charge is 2.47. The molecule has 0 aromatic heterocycles. The minimum atomic E-state index is -0.617. The molecule has 4 saturated heterocycles. The van der Waals surface area contributed by atoms with E-state index < -0.39 is 11.9 Å². The molecule has 57 heavy (non-hydrogen) atoms. The molecule has 3 aromatic carbocycles. The van der Waals surface area contributed by atoms with Crippen molar-refractivity contribution >= 4 is 47.3 Å². The predicted molar refractivity (Wildman–Crippen MR) is 212 cm³/mol. The topological polar surface area (TPSA) is 169 Å². The van der Waals surface area contributed by atoms with Gasteiger partial charge in [-0.15, -0.1) is 0 Å². The number of nitrogens with one attached hydrogen (secondary N) is 1. The highest BCUT2D eigenvalue weighted by Crippen LogP contribution is 2.38. The summed E-state index contributed by atoms with van der Waals surface area (Å²) in [6, 6.07) is 23.1. The summed E-state index contributed by atoms with van der Waals surface area (Å²) in [7, 11) is 0. The first kappa shape index (κ1) is 35.2. The normalized spacial score (nSPS) is 25.1. The van der Waals surface area contributed by atoms with E-state index in [2.05, 4.69) is 26.3 Å². The molecule has 0 bridgehead atoms. The summed E-state index contributed by atoms with van der Waals surface area (Å²) >= 11 is 0. The van der Waals surface area contributed by atoms with Crippen LogP contribution in [0.15, 0.2) is 87.9 Å². The molecule has 7 heterocycles. The molecule has 2 unspecified atom stereocenters. The molecule has 292 valence electrons. The van der Waals surface area contributed by atoms with Gasteiger partial charge < -0.3 is 30.1 Å². The van der Waals surface area contributed by atoms with E-state index in [1.54, 1.807) is 4.90 Å². The van der Waals surface area contributed by atoms with Crippen molar-refractivity contribution in [3.05, 3.63) is 89.5 Å². The van der Waals surface area contributed by atoms with Crippen LogP contribution in [0.3, 0.4) is 0 Å². The van der Waals surface area contributed by atoms with Gasteiger partial charge in [-0.2, -0.15) is 5.10 Å². The molecule has 0 radical (unpaired) electrons. The van der Waals surface area contributed by atoms with Gasteiger partial charge in [-0.1, -0.05) is 18.2 Å². The number of imide groups is 1. The third kappa shape index (κ3) is 6.34. The van der Waals surface area contributed by atoms with Crippen LogP contribution in [0.2, 0.25) is 0 Å². The van der Waals surface area contributed by atoms with Crippen LogP contribution in [-0.2, 0) is 16.1 Å². The van der Waals surface area contributed by atoms with Crippen molar-refractivity contribution in [2.24, 2.45) is 38.6 Å². The zero-order chi connectivity index (χ0) is 38.8. The summed E-state index contributed by atoms with van der Waals surface area (Å²) in [5, 5.41) is 9.57. The fourth-order valence-electron chi connectivity index (χ4n) is 9.36. The van der Waals surface area contributed by atoms with Gasteiger partial charge in [0.1, 0.15) is 35.6 Å². The van der Waals surface area contributed by atoms with Gasteiger partial charge in [-0.05, 0) is 85.0 Å². The van der Waals surface area contributed by atoms with E-state index in [-0.39, 0.29) is 42.4 Å². The number of amidine groups is 1. The Hall–Kier alpha value is -6.25. The maximum Gasteiger partial charge on any atom is 0.320 e. The van der Waals surface area contributed by atoms with Gasteiger partial charge in [0.15, 0.2) is 6.17 Å². The van der Waals surface area contributed by atoms with Gasteiger partial charge in [0.05, 0.1) is 11.8 Å². The number of hydrogen-bond acceptors (Lipinski definition) is 11. The van der Waals surface area contributed by atoms with E-state index in [1.807, 2.05) is 76.5 Å². The third-order valence-corrected chi connectivity index (χ3v) is 12.7. The van der Waals surface area contributed by atoms with E-state index in [0.29, 0.717) is 49.3 Å². The molecule has 7 aliphatic heterocycles. The number of benzene rings is 3. The molecular weight excluding hydrogens is 725 g/mol. The predicted octanol–water partition coefficient (Wildman–Crippen LogP) is 3.25. The molecule has 3 aromatic rings. The maximum atomic E-state index is 13.6. The summed E-state index contributed by atoms with van der Waals surface area (Å²) in [5.41, 5.74) is 10.9. The van der Waals surface area contributed by atoms with Crippen molar-refractivity contribution in [3.8, 4) is 11.5 Å². The Kier molecular flexibility index (Phi) is 8.67. The first-order valence-electron chi connectivity index (χ1n) is 19.9. The molecule has 10 rings (SSSR count). The zero-order valence-corrected chi connectivity index (χ0v) is 31.4. The van der Waals surface area contributed by atoms with E-state index >= 15 is 0 Å². The number of para-hydroxylation sites is 1. The second-order valence-electron chi connectivity index (χ2n) is 16.1. The van der Waals surface area contributed by atoms with Crippen molar-refractivity contribution in [2.45, 2.75) is 50.5 Å². The number of ether oxygens (including phenoxy) is 1. The quantitative estimate of drug-likeness (QED) is 0.346. The fourth-order valence-corrected chi connectivity index (χ4v) is 9.36. The lowest BCUT2D eigenvalue weighted by Crippen LogP contribution is -2.63. The average molecular weight is 769 g/mol. The van der Waals surface area contributed by atoms with Crippen LogP contribution < -0.4 is 20.7 Å². The van der Waals surface area contributed by atoms with Crippen LogP contribution in [0.1, 0.15) is 47.2 Å². The molecule has 0 saturated carbocycles. The van der Waals surface area contributed by atoms with Crippen molar-refractivity contribution < 1.29 is 23.9 Å². The first-order chi connectivity index (χ1) is 27.8. The van der Waals surface area contributed by atoms with E-state index in [1.165, 1.54) is 6.34 Å². The summed E-state index contributed by atoms with van der Waals surface area (Å²) in [5.74, 6) is 1.87. The second-order valence-corrected chi connectivity index (χ2v) is 16.1. The lowest BCUT2D eigenvalue weighted by molar-refractivity contribution is -0.136. The Morgan fingerprint density at radius 1 is 0.842 bits per heavy atom. The minimum absolute atomic E-state index is 0.109. The van der Waals surface area contributed by atoms with Crippen LogP contribution in [-0.4, -0.2) is 119 Å². The highest BCUT2D eigenvalue weighted by atomic mass is 16.5. The minimum Gasteiger partial charge on any atom is -0.457 e. The Morgan fingerprint density at radius 2 is 1.58 bits per heavy atom. The van der Waals surface area contributed by atoms with Crippen LogP contribution >= 0.6 is 0 Å². The standard InChI is InChI=1S/C42H44N10O5/c43-38-36-37(25-6-9-32(10-7-25)57-31-4-2-1-3-5-31)47-52(39(36)45-24-44-38)29-14-16-48(17-15-29)42(56)50-21-28(22-50)27-19-49(20-27)30-8-11-33-26(18-30)23-51(41(33)55)34-12-13-35(53)46-40(34)54/h1-11,18,24,27-29,34,36,39H,12-17,19-23H2,(H2,43,44,45)(H,46,53,54)/t34-,36?,39?/m0/s1. The summed E-state index contributed by atoms with van der Waals surface area (Å²) < 4.78 is 6.00. The number of carbonyl (C=O) groups is 4. The molecule has 5 amide bonds. The number of urea groups is 1. The molecule has 0 spiro atoms. The molecule has 4 fully saturated rings. The monoisotopic (exact) mass is 768 g/mol. The zero-order valence-electron chi connectivity index (χ0n) is 31.4. The van der Waals surface area contributed by atoms with Crippen LogP contribution in [0.25, 0.3) is 0 Å². The number of anilines is 1. The molecule has 3 atom stereocenters. The number of likely N-dealkylation sites (tertiary alicyclic amines) is 2. The Labute approximate surface area is 329 Å². The highest BCUT2D eigenvalue weighted by molar-refractivity contribution is 6.17. The number of rotatable bonds is 7. The number of nitrogens with zero attached hydrogens (tertiary/aromatic N) is 8. The van der Waals surface area contributed by atoms with Crippen molar-refractivity contribution in [1.29, 1.82) is 0 Å². The number of hydrogen-bond donors (Lipinski definition) is 2. The van der Waals surface area contributed by atoms with Gasteiger partial charge in [0.25, 0.3) is 5.91 Å². The Morgan fingerprint density at radius 3 is 2.33 bits per heavy atom. The van der Waals surface area contributed by atoms with Crippen molar-refractivity contribution in [1.82, 2.24) is 25.0 Å². The van der Waals surface area contributed by atoms with Crippen LogP contribution in [0.5, 0.6) is 11.5 Å². The lowest BCUT2D eigenvalue weighted by atomic mass is 9.80. The number of aliphatic imine (C=N–C) groups is 2. The number of carbonyl (C=O) groups excluding carboxylic acids is 4. The average Bonchev–Trinajstić information content (AvgIpc) is 3.74. The third-order valence-electron chi connectivity index (χ3n) is 12.7. The molecule has 3 N–H and O–H groups in total. The van der Waals surface area contributed by atoms with Gasteiger partial charge >= 0.3 is 6.03 Å². The first-order valence-corrected chi connectivity index (χ1v) is 19.9. The van der Waals surface area contributed by atoms with E-state index in [9.17, 15) is 19.2 Å². The Bertz CT molecular complexity index is 2210. The maximum absolute atomic E-state index is 13.6. The SMILES string of the molecule is NC1=NC=NC2C1C(c1ccc(Oc3ccccc3)cc1)=NN2C1CCN(C(=O)N2CC(C3CN(c4ccc5c(c4)CN([C@H]4CCC(=O)NC4=O)C5=O)C3)C2)CC1. The summed E-state index contributed by atoms with van der Waals surface area (Å²) in [6.45, 7) is 5.03. The molecule has 15 heteroatoms. The number of piperidine rings is 2. The van der Waals surface area contributed by atoms with E-state index in [0.717, 1.165) is 73.0 Å². The molecule has 0 aliphatic carbocycles. The van der Waals surface area contributed by atoms with Crippen LogP contribution in [0.4, 0.5) is 10.5 Å². The Balaban J connectivity index is 0.709. The van der Waals surface area contributed by atoms with Crippen molar-refractivity contribution in [2.75, 3.05) is 44.2 Å². The van der Waals surface area contributed by atoms with Gasteiger partial charge in [-0.25, -0.2) is 14.8 Å². The lowest BCUT2D eigenvalue weighted by Gasteiger charge is -2.52. The summed E-state index contributed by atoms with van der Waals surface area (Å²) in [4.78, 5) is 67.7. The smallest absolute Gasteiger partial charge is 0.320 e. The summed E-state index contributed by atoms with van der Waals surface area (Å²) in [6.07, 6.45) is 3.43. The number of amides is 5. The second kappa shape index (κ2) is 14.0. The molecular formula is C42H44N10O5. The number of nitrogens with two attached hydrogens (primary N) is 1. The van der Waals surface area contributed by atoms with Gasteiger partial charge in [-0.3, -0.25) is 24.7 Å². The van der Waals surface area contributed by atoms with Crippen LogP contribution in [0, 0.1) is 17.8 Å². The van der Waals surface area contributed by atoms with E-state index in [4.69, 9.17) is 20.6 Å². The van der Waals surface area contributed by atoms with Gasteiger partial charge in [0.2, 0.25) is 11.8 Å². The number of fused-ring (bicyclic) bond motifs is 2. The van der Waals surface area contributed by atoms with Crippen molar-refractivity contribution in [3.63, 3.8) is 0 Å². The fraction of sp³-hybridized carbons (Fsp3) is 0.405.